The van der Waals surface area contributed by atoms with Crippen LogP contribution >= 0.6 is 0 Å². The molecule has 0 saturated heterocycles. The minimum absolute atomic E-state index is 0.0491. The Hall–Kier alpha value is -9.24. The molecule has 0 aliphatic heterocycles. The molecule has 0 N–H and O–H groups in total. The molecular weight excluding hydrogens is 1740 g/mol. The molecule has 11 saturated carbocycles. The average Bonchev–Trinajstić information content (AvgIpc) is 0.985. The fourth-order valence-corrected chi connectivity index (χ4v) is 24.3. The van der Waals surface area contributed by atoms with E-state index in [-0.39, 0.29) is 48.6 Å². The van der Waals surface area contributed by atoms with Gasteiger partial charge in [0.15, 0.2) is 0 Å². The quantitative estimate of drug-likeness (QED) is 0.0340. The van der Waals surface area contributed by atoms with Crippen molar-refractivity contribution in [2.75, 3.05) is 26.9 Å². The zero-order chi connectivity index (χ0) is 98.7. The summed E-state index contributed by atoms with van der Waals surface area (Å²) in [5, 5.41) is 0. The molecule has 10 aromatic carbocycles. The fraction of sp³-hybridized carbons (Fsp3) is 0.535. The number of aryl methyl sites for hydroxylation is 4. The van der Waals surface area contributed by atoms with Crippen LogP contribution in [0.3, 0.4) is 0 Å². The molecule has 21 rings (SSSR count). The minimum Gasteiger partial charge on any atom is -0.465 e. The topological polar surface area (TPSA) is 111 Å². The lowest BCUT2D eigenvalue weighted by atomic mass is 9.49. The van der Waals surface area contributed by atoms with Crippen molar-refractivity contribution in [2.24, 2.45) is 75.9 Å². The van der Waals surface area contributed by atoms with Crippen LogP contribution in [-0.4, -0.2) is 70.8 Å². The molecule has 0 heterocycles. The number of methoxy groups -OCH3 is 1. The summed E-state index contributed by atoms with van der Waals surface area (Å²) in [6.07, 6.45) is 36.4. The molecule has 12 heteroatoms. The van der Waals surface area contributed by atoms with Gasteiger partial charge in [0.1, 0.15) is 34.5 Å². The van der Waals surface area contributed by atoms with Crippen molar-refractivity contribution in [1.29, 1.82) is 0 Å². The van der Waals surface area contributed by atoms with E-state index in [4.69, 9.17) is 56.8 Å². The Balaban J connectivity index is 0.000000135. The Bertz CT molecular complexity index is 5030. The van der Waals surface area contributed by atoms with E-state index in [9.17, 15) is 0 Å². The van der Waals surface area contributed by atoms with E-state index in [2.05, 4.69) is 260 Å². The predicted molar refractivity (Wildman–Crippen MR) is 575 cm³/mol. The second-order valence-electron chi connectivity index (χ2n) is 43.9. The van der Waals surface area contributed by atoms with Gasteiger partial charge in [-0.3, -0.25) is 0 Å². The first-order chi connectivity index (χ1) is 68.7. The van der Waals surface area contributed by atoms with Crippen LogP contribution in [0.5, 0.6) is 34.5 Å². The number of benzene rings is 10. The van der Waals surface area contributed by atoms with Gasteiger partial charge < -0.3 is 56.8 Å². The van der Waals surface area contributed by atoms with Crippen molar-refractivity contribution >= 4 is 0 Å². The zero-order valence-electron chi connectivity index (χ0n) is 88.2. The molecule has 11 aliphatic carbocycles. The molecule has 12 nitrogen and oxygen atoms in total. The van der Waals surface area contributed by atoms with E-state index in [1.165, 1.54) is 191 Å². The Morgan fingerprint density at radius 2 is 0.660 bits per heavy atom. The van der Waals surface area contributed by atoms with Gasteiger partial charge in [-0.05, 0) is 342 Å². The largest absolute Gasteiger partial charge is 0.465 e. The van der Waals surface area contributed by atoms with E-state index in [1.807, 2.05) is 97.1 Å². The number of ether oxygens (including phenoxy) is 12. The summed E-state index contributed by atoms with van der Waals surface area (Å²) in [7, 11) is 1.68. The second kappa shape index (κ2) is 55.2. The molecule has 10 bridgehead atoms. The number of hydrogen-bond acceptors (Lipinski definition) is 12. The van der Waals surface area contributed by atoms with Crippen LogP contribution in [0.2, 0.25) is 0 Å². The summed E-state index contributed by atoms with van der Waals surface area (Å²) < 4.78 is 73.9. The lowest BCUT2D eigenvalue weighted by molar-refractivity contribution is -0.216. The van der Waals surface area contributed by atoms with Gasteiger partial charge in [-0.1, -0.05) is 309 Å². The summed E-state index contributed by atoms with van der Waals surface area (Å²) in [5.41, 5.74) is 13.4. The van der Waals surface area contributed by atoms with Gasteiger partial charge in [0.05, 0.1) is 25.9 Å². The maximum Gasteiger partial charge on any atom is 0.205 e. The Kier molecular flexibility index (Phi) is 42.1. The van der Waals surface area contributed by atoms with Gasteiger partial charge >= 0.3 is 0 Å². The molecule has 10 aromatic rings. The Morgan fingerprint density at radius 3 is 1.03 bits per heavy atom. The van der Waals surface area contributed by atoms with Crippen LogP contribution in [0.4, 0.5) is 0 Å². The van der Waals surface area contributed by atoms with Crippen LogP contribution in [-0.2, 0) is 80.0 Å². The predicted octanol–water partition coefficient (Wildman–Crippen LogP) is 32.4. The van der Waals surface area contributed by atoms with Gasteiger partial charge in [0, 0.05) is 49.2 Å². The van der Waals surface area contributed by atoms with Gasteiger partial charge in [-0.15, -0.1) is 0 Å². The SMILES string of the molecule is CC(C)c1ccc(OC(Cc2ccccc2)OCc2ccccc2)cc1.CCOC(Oc1ccc(CC)cc1)C12CC3CC(CC(C3)C1)C2.CCc1ccc(OC(OC2CC3CCC2C3)C(C)C)cc1.CCc1ccc(OC(OCCC2CCCCC2)C23CC4CC(CC(C4)C2)C3)cc1.CCc1ccc(OC(OCCc2ccccc2)C(C)C)cc1.COC(Cc1ccccc1)Oc1ccc(C(C)C)cc1. The van der Waals surface area contributed by atoms with Gasteiger partial charge in [0.2, 0.25) is 37.7 Å². The average molecular weight is 1910 g/mol. The van der Waals surface area contributed by atoms with Crippen molar-refractivity contribution in [3.63, 3.8) is 0 Å². The summed E-state index contributed by atoms with van der Waals surface area (Å²) in [6.45, 7) is 31.0. The van der Waals surface area contributed by atoms with Crippen molar-refractivity contribution < 1.29 is 56.8 Å². The minimum atomic E-state index is -0.331. The molecule has 0 radical (unpaired) electrons. The monoisotopic (exact) mass is 1910 g/mol. The fourth-order valence-electron chi connectivity index (χ4n) is 24.3. The molecule has 141 heavy (non-hydrogen) atoms. The molecule has 760 valence electrons. The zero-order valence-corrected chi connectivity index (χ0v) is 88.2. The highest BCUT2D eigenvalue weighted by molar-refractivity contribution is 5.34. The first-order valence-electron chi connectivity index (χ1n) is 55.0. The van der Waals surface area contributed by atoms with Crippen molar-refractivity contribution in [3.05, 3.63) is 323 Å². The van der Waals surface area contributed by atoms with Crippen molar-refractivity contribution in [3.8, 4) is 34.5 Å². The van der Waals surface area contributed by atoms with E-state index in [0.29, 0.717) is 49.4 Å². The van der Waals surface area contributed by atoms with E-state index in [1.54, 1.807) is 7.11 Å². The van der Waals surface area contributed by atoms with Gasteiger partial charge in [-0.25, -0.2) is 0 Å². The number of hydrogen-bond donors (Lipinski definition) is 0. The highest BCUT2D eigenvalue weighted by Crippen LogP contribution is 2.64. The summed E-state index contributed by atoms with van der Waals surface area (Å²) >= 11 is 0. The van der Waals surface area contributed by atoms with Crippen LogP contribution in [0.25, 0.3) is 0 Å². The molecule has 11 aliphatic rings. The van der Waals surface area contributed by atoms with Crippen LogP contribution in [0, 0.1) is 75.9 Å². The van der Waals surface area contributed by atoms with Gasteiger partial charge in [0.25, 0.3) is 0 Å². The molecule has 11 fully saturated rings. The molecule has 0 spiro atoms. The molecule has 0 amide bonds. The lowest BCUT2D eigenvalue weighted by Crippen LogP contribution is -2.54. The van der Waals surface area contributed by atoms with Crippen LogP contribution < -0.4 is 28.4 Å². The second-order valence-corrected chi connectivity index (χ2v) is 43.9. The van der Waals surface area contributed by atoms with E-state index >= 15 is 0 Å². The summed E-state index contributed by atoms with van der Waals surface area (Å²) in [5.74, 6) is 15.3. The third-order valence-electron chi connectivity index (χ3n) is 31.6. The third kappa shape index (κ3) is 33.1. The summed E-state index contributed by atoms with van der Waals surface area (Å²) in [4.78, 5) is 0. The Morgan fingerprint density at radius 1 is 0.298 bits per heavy atom. The van der Waals surface area contributed by atoms with Crippen LogP contribution in [0.15, 0.2) is 267 Å². The smallest absolute Gasteiger partial charge is 0.205 e. The first kappa shape index (κ1) is 108. The van der Waals surface area contributed by atoms with Crippen molar-refractivity contribution in [1.82, 2.24) is 0 Å². The molecule has 9 atom stereocenters. The van der Waals surface area contributed by atoms with Crippen molar-refractivity contribution in [2.45, 2.75) is 338 Å². The van der Waals surface area contributed by atoms with Gasteiger partial charge in [-0.2, -0.15) is 0 Å². The van der Waals surface area contributed by atoms with E-state index in [0.717, 1.165) is 145 Å². The first-order valence-corrected chi connectivity index (χ1v) is 55.0. The summed E-state index contributed by atoms with van der Waals surface area (Å²) in [6, 6.07) is 91.7. The maximum atomic E-state index is 6.67. The number of fused-ring (bicyclic) bond motifs is 2. The maximum absolute atomic E-state index is 6.67. The lowest BCUT2D eigenvalue weighted by Gasteiger charge is -2.58. The van der Waals surface area contributed by atoms with E-state index < -0.39 is 0 Å². The highest BCUT2D eigenvalue weighted by atomic mass is 16.7. The Labute approximate surface area is 849 Å². The van der Waals surface area contributed by atoms with Crippen LogP contribution in [0.1, 0.15) is 299 Å². The molecule has 9 unspecified atom stereocenters. The molecular formula is C129H172O12. The third-order valence-corrected chi connectivity index (χ3v) is 31.6. The highest BCUT2D eigenvalue weighted by Gasteiger charge is 2.58. The normalized spacial score (nSPS) is 23.3. The standard InChI is InChI=1S/C27H40O2.C24H26O2.C21H30O2.C20H26O2.C19H28O2.C18H22O2/c1-2-20-8-10-25(11-9-20)29-26(28-13-12-21-6-4-3-5-7-21)27-17-22-14-23(18-27)16-24(15-22)19-27;1-19(2)22-13-15-23(16-14-22)26-24(17-20-9-5-3-6-10-20)25-18-21-11-7-4-8-12-21;1-3-15-5-7-19(8-6-15)23-20(22-4-2)21-12-16-9-17(13-21)11-18(10-16)14-21;1-4-17-10-12-19(13-11-17)22-20(16(2)3)21-15-14-18-8-6-5-7-9-18;1-4-14-6-9-17(10-7-14)20-19(13(2)3)21-18-12-15-5-8-16(18)11-15;1-14(2)16-9-11-17(12-10-16)20-18(19-3)13-15-7-5-4-6-8-15/h8-11,21-24,26H,2-7,12-19H2,1H3;3-16,19,24H,17-18H2,1-2H3;5-8,16-18,20H,3-4,9-14H2,1-2H3;5-13,16,20H,4,14-15H2,1-3H3;6-7,9-10,13,15-16,18-19H,4-5,8,11-12H2,1-3H3;4-12,14,18H,13H2,1-3H3. The number of rotatable bonds is 42. The molecule has 0 aromatic heterocycles.